The zero-order valence-corrected chi connectivity index (χ0v) is 18.5. The minimum absolute atomic E-state index is 0.00318. The minimum atomic E-state index is -0.0669. The third kappa shape index (κ3) is 4.26. The van der Waals surface area contributed by atoms with Crippen LogP contribution >= 0.6 is 11.6 Å². The van der Waals surface area contributed by atoms with E-state index in [1.54, 1.807) is 7.11 Å². The van der Waals surface area contributed by atoms with Crippen molar-refractivity contribution in [3.05, 3.63) is 64.8 Å². The molecule has 6 nitrogen and oxygen atoms in total. The molecule has 1 aliphatic rings. The first kappa shape index (κ1) is 21.2. The number of carbonyl (C=O) groups excluding carboxylic acids is 2. The van der Waals surface area contributed by atoms with E-state index < -0.39 is 0 Å². The molecule has 0 saturated heterocycles. The Hall–Kier alpha value is -2.99. The minimum Gasteiger partial charge on any atom is -0.497 e. The van der Waals surface area contributed by atoms with Crippen molar-refractivity contribution in [3.8, 4) is 5.75 Å². The molecule has 1 aromatic heterocycles. The standard InChI is InChI=1S/C24H26ClN3O3/c1-15(29)26-8-7-16-12-27-24-20(16)9-18(31-2)10-21(24)22-14-28(23(30)11-25)13-17-5-3-4-6-19(17)22/h3-6,9-10,12,22,27H,7-8,11,13-14H2,1-2H3,(H,26,29)/t22-/m1/s1. The van der Waals surface area contributed by atoms with Crippen molar-refractivity contribution in [1.82, 2.24) is 15.2 Å². The molecule has 1 atom stereocenters. The molecule has 2 amide bonds. The third-order valence-electron chi connectivity index (χ3n) is 5.92. The monoisotopic (exact) mass is 439 g/mol. The molecule has 0 aliphatic carbocycles. The van der Waals surface area contributed by atoms with Crippen LogP contribution in [0.1, 0.15) is 35.1 Å². The predicted octanol–water partition coefficient (Wildman–Crippen LogP) is 3.57. The quantitative estimate of drug-likeness (QED) is 0.576. The van der Waals surface area contributed by atoms with E-state index in [-0.39, 0.29) is 23.6 Å². The van der Waals surface area contributed by atoms with Gasteiger partial charge in [-0.2, -0.15) is 0 Å². The highest BCUT2D eigenvalue weighted by Crippen LogP contribution is 2.39. The van der Waals surface area contributed by atoms with E-state index in [1.807, 2.05) is 35.4 Å². The van der Waals surface area contributed by atoms with Gasteiger partial charge in [-0.1, -0.05) is 24.3 Å². The summed E-state index contributed by atoms with van der Waals surface area (Å²) in [6.07, 6.45) is 2.70. The summed E-state index contributed by atoms with van der Waals surface area (Å²) in [6, 6.07) is 12.3. The van der Waals surface area contributed by atoms with Gasteiger partial charge in [0.2, 0.25) is 11.8 Å². The zero-order valence-electron chi connectivity index (χ0n) is 17.7. The largest absolute Gasteiger partial charge is 0.497 e. The van der Waals surface area contributed by atoms with E-state index in [9.17, 15) is 9.59 Å². The smallest absolute Gasteiger partial charge is 0.237 e. The second-order valence-corrected chi connectivity index (χ2v) is 8.11. The first-order chi connectivity index (χ1) is 15.0. The summed E-state index contributed by atoms with van der Waals surface area (Å²) in [5.74, 6) is 0.625. The number of hydrogen-bond donors (Lipinski definition) is 2. The van der Waals surface area contributed by atoms with Crippen molar-refractivity contribution in [1.29, 1.82) is 0 Å². The van der Waals surface area contributed by atoms with Crippen molar-refractivity contribution in [2.24, 2.45) is 0 Å². The van der Waals surface area contributed by atoms with Gasteiger partial charge in [0, 0.05) is 49.6 Å². The molecule has 0 bridgehead atoms. The molecule has 7 heteroatoms. The molecule has 162 valence electrons. The highest BCUT2D eigenvalue weighted by atomic mass is 35.5. The van der Waals surface area contributed by atoms with Crippen LogP contribution in [0, 0.1) is 0 Å². The lowest BCUT2D eigenvalue weighted by molar-refractivity contribution is -0.129. The number of methoxy groups -OCH3 is 1. The summed E-state index contributed by atoms with van der Waals surface area (Å²) in [6.45, 7) is 3.22. The summed E-state index contributed by atoms with van der Waals surface area (Å²) in [7, 11) is 1.66. The van der Waals surface area contributed by atoms with Crippen molar-refractivity contribution < 1.29 is 14.3 Å². The molecule has 2 heterocycles. The van der Waals surface area contributed by atoms with Gasteiger partial charge in [-0.25, -0.2) is 0 Å². The Morgan fingerprint density at radius 1 is 1.26 bits per heavy atom. The van der Waals surface area contributed by atoms with E-state index in [1.165, 1.54) is 12.5 Å². The summed E-state index contributed by atoms with van der Waals surface area (Å²) in [4.78, 5) is 28.9. The molecular formula is C24H26ClN3O3. The summed E-state index contributed by atoms with van der Waals surface area (Å²) < 4.78 is 5.62. The van der Waals surface area contributed by atoms with Crippen LogP contribution in [-0.4, -0.2) is 47.8 Å². The summed E-state index contributed by atoms with van der Waals surface area (Å²) in [5.41, 5.74) is 5.57. The zero-order chi connectivity index (χ0) is 22.0. The molecule has 0 saturated carbocycles. The lowest BCUT2D eigenvalue weighted by atomic mass is 9.83. The fourth-order valence-corrected chi connectivity index (χ4v) is 4.58. The number of halogens is 1. The van der Waals surface area contributed by atoms with Gasteiger partial charge in [-0.05, 0) is 40.8 Å². The van der Waals surface area contributed by atoms with Crippen LogP contribution in [-0.2, 0) is 22.6 Å². The first-order valence-corrected chi connectivity index (χ1v) is 10.9. The average molecular weight is 440 g/mol. The Kier molecular flexibility index (Phi) is 6.18. The fraction of sp³-hybridized carbons (Fsp3) is 0.333. The van der Waals surface area contributed by atoms with Crippen LogP contribution < -0.4 is 10.1 Å². The number of aromatic amines is 1. The van der Waals surface area contributed by atoms with Crippen LogP contribution in [0.3, 0.4) is 0 Å². The number of nitrogens with zero attached hydrogens (tertiary/aromatic N) is 1. The second-order valence-electron chi connectivity index (χ2n) is 7.85. The van der Waals surface area contributed by atoms with Gasteiger partial charge in [0.15, 0.2) is 0 Å². The third-order valence-corrected chi connectivity index (χ3v) is 6.15. The number of benzene rings is 2. The van der Waals surface area contributed by atoms with Gasteiger partial charge in [0.25, 0.3) is 0 Å². The number of carbonyl (C=O) groups is 2. The lowest BCUT2D eigenvalue weighted by Crippen LogP contribution is -2.39. The topological polar surface area (TPSA) is 74.4 Å². The molecule has 4 rings (SSSR count). The Balaban J connectivity index is 1.80. The molecule has 1 aliphatic heterocycles. The number of aromatic nitrogens is 1. The number of fused-ring (bicyclic) bond motifs is 2. The van der Waals surface area contributed by atoms with E-state index in [0.717, 1.165) is 33.3 Å². The van der Waals surface area contributed by atoms with Gasteiger partial charge in [0.1, 0.15) is 11.6 Å². The van der Waals surface area contributed by atoms with Gasteiger partial charge in [-0.3, -0.25) is 9.59 Å². The second kappa shape index (κ2) is 9.02. The normalized spacial score (nSPS) is 15.6. The van der Waals surface area contributed by atoms with E-state index in [4.69, 9.17) is 16.3 Å². The van der Waals surface area contributed by atoms with Gasteiger partial charge in [0.05, 0.1) is 7.11 Å². The number of alkyl halides is 1. The van der Waals surface area contributed by atoms with Crippen LogP contribution in [0.15, 0.2) is 42.6 Å². The Morgan fingerprint density at radius 3 is 2.81 bits per heavy atom. The maximum Gasteiger partial charge on any atom is 0.237 e. The van der Waals surface area contributed by atoms with Gasteiger partial charge < -0.3 is 19.9 Å². The van der Waals surface area contributed by atoms with Crippen LogP contribution in [0.5, 0.6) is 5.75 Å². The maximum absolute atomic E-state index is 12.4. The molecular weight excluding hydrogens is 414 g/mol. The number of ether oxygens (including phenoxy) is 1. The SMILES string of the molecule is COc1cc([C@@H]2CN(C(=O)CCl)Cc3ccccc32)c2[nH]cc(CCNC(C)=O)c2c1. The Labute approximate surface area is 186 Å². The van der Waals surface area contributed by atoms with Crippen molar-refractivity contribution in [2.75, 3.05) is 26.1 Å². The van der Waals surface area contributed by atoms with Crippen LogP contribution in [0.2, 0.25) is 0 Å². The average Bonchev–Trinajstić information content (AvgIpc) is 3.19. The number of H-pyrrole nitrogens is 1. The van der Waals surface area contributed by atoms with E-state index >= 15 is 0 Å². The Morgan fingerprint density at radius 2 is 2.06 bits per heavy atom. The molecule has 0 unspecified atom stereocenters. The van der Waals surface area contributed by atoms with Crippen molar-refractivity contribution in [3.63, 3.8) is 0 Å². The molecule has 3 aromatic rings. The lowest BCUT2D eigenvalue weighted by Gasteiger charge is -2.35. The molecule has 0 radical (unpaired) electrons. The Bertz CT molecular complexity index is 1120. The number of hydrogen-bond acceptors (Lipinski definition) is 3. The van der Waals surface area contributed by atoms with Crippen molar-refractivity contribution in [2.45, 2.75) is 25.8 Å². The van der Waals surface area contributed by atoms with Crippen LogP contribution in [0.25, 0.3) is 10.9 Å². The summed E-state index contributed by atoms with van der Waals surface area (Å²) >= 11 is 5.88. The van der Waals surface area contributed by atoms with Crippen LogP contribution in [0.4, 0.5) is 0 Å². The maximum atomic E-state index is 12.4. The van der Waals surface area contributed by atoms with Gasteiger partial charge in [-0.15, -0.1) is 11.6 Å². The predicted molar refractivity (Wildman–Crippen MR) is 122 cm³/mol. The van der Waals surface area contributed by atoms with E-state index in [0.29, 0.717) is 26.1 Å². The number of nitrogens with one attached hydrogen (secondary N) is 2. The van der Waals surface area contributed by atoms with Gasteiger partial charge >= 0.3 is 0 Å². The number of rotatable bonds is 6. The summed E-state index contributed by atoms with van der Waals surface area (Å²) in [5, 5.41) is 3.92. The molecule has 2 N–H and O–H groups in total. The molecule has 31 heavy (non-hydrogen) atoms. The molecule has 0 spiro atoms. The first-order valence-electron chi connectivity index (χ1n) is 10.4. The van der Waals surface area contributed by atoms with E-state index in [2.05, 4.69) is 22.4 Å². The highest BCUT2D eigenvalue weighted by molar-refractivity contribution is 6.27. The highest BCUT2D eigenvalue weighted by Gasteiger charge is 2.30. The number of amides is 2. The van der Waals surface area contributed by atoms with Crippen molar-refractivity contribution >= 4 is 34.3 Å². The fourth-order valence-electron chi connectivity index (χ4n) is 4.41. The molecule has 0 fully saturated rings. The molecule has 2 aromatic carbocycles.